The maximum absolute atomic E-state index is 10.8. The molecule has 0 aliphatic heterocycles. The van der Waals surface area contributed by atoms with E-state index in [0.717, 1.165) is 22.6 Å². The second-order valence-electron chi connectivity index (χ2n) is 4.49. The van der Waals surface area contributed by atoms with Gasteiger partial charge in [0.1, 0.15) is 5.82 Å². The van der Waals surface area contributed by atoms with E-state index in [1.54, 1.807) is 4.68 Å². The van der Waals surface area contributed by atoms with Crippen molar-refractivity contribution in [2.24, 2.45) is 7.05 Å². The number of anilines is 1. The lowest BCUT2D eigenvalue weighted by Gasteiger charge is -2.08. The minimum Gasteiger partial charge on any atom is -0.481 e. The third-order valence-electron chi connectivity index (χ3n) is 3.03. The van der Waals surface area contributed by atoms with Gasteiger partial charge in [-0.2, -0.15) is 5.10 Å². The molecular weight excluding hydrogens is 242 g/mol. The molecule has 2 rings (SSSR count). The van der Waals surface area contributed by atoms with E-state index in [0.29, 0.717) is 6.54 Å². The second kappa shape index (κ2) is 5.56. The zero-order valence-electron chi connectivity index (χ0n) is 11.1. The number of aryl methyl sites for hydroxylation is 2. The van der Waals surface area contributed by atoms with Crippen LogP contribution in [0.3, 0.4) is 0 Å². The maximum atomic E-state index is 10.8. The number of aliphatic carboxylic acids is 1. The number of hydrogen-bond donors (Lipinski definition) is 2. The number of hydrogen-bond acceptors (Lipinski definition) is 3. The van der Waals surface area contributed by atoms with Crippen LogP contribution < -0.4 is 5.32 Å². The molecule has 1 heterocycles. The van der Waals surface area contributed by atoms with Crippen molar-refractivity contribution < 1.29 is 9.90 Å². The molecule has 19 heavy (non-hydrogen) atoms. The summed E-state index contributed by atoms with van der Waals surface area (Å²) in [6, 6.07) is 9.49. The number of benzene rings is 1. The largest absolute Gasteiger partial charge is 0.481 e. The van der Waals surface area contributed by atoms with Crippen molar-refractivity contribution >= 4 is 11.8 Å². The van der Waals surface area contributed by atoms with Gasteiger partial charge in [-0.15, -0.1) is 0 Å². The first-order valence-corrected chi connectivity index (χ1v) is 6.09. The molecule has 0 radical (unpaired) electrons. The molecule has 0 unspecified atom stereocenters. The van der Waals surface area contributed by atoms with E-state index in [1.165, 1.54) is 0 Å². The summed E-state index contributed by atoms with van der Waals surface area (Å²) in [6.07, 6.45) is 0.0408. The summed E-state index contributed by atoms with van der Waals surface area (Å²) < 4.78 is 1.80. The van der Waals surface area contributed by atoms with Gasteiger partial charge in [0.2, 0.25) is 0 Å². The molecule has 5 nitrogen and oxygen atoms in total. The number of carboxylic acids is 1. The highest BCUT2D eigenvalue weighted by Crippen LogP contribution is 2.13. The quantitative estimate of drug-likeness (QED) is 0.861. The number of carbonyl (C=O) groups is 1. The Labute approximate surface area is 111 Å². The summed E-state index contributed by atoms with van der Waals surface area (Å²) in [7, 11) is 1.89. The van der Waals surface area contributed by atoms with Gasteiger partial charge in [0.15, 0.2) is 0 Å². The molecule has 0 fully saturated rings. The molecule has 0 saturated heterocycles. The summed E-state index contributed by atoms with van der Waals surface area (Å²) in [5.41, 5.74) is 2.88. The Bertz CT molecular complexity index is 571. The number of nitrogens with zero attached hydrogens (tertiary/aromatic N) is 2. The Balaban J connectivity index is 2.08. The third-order valence-corrected chi connectivity index (χ3v) is 3.03. The molecule has 2 aromatic rings. The van der Waals surface area contributed by atoms with Crippen molar-refractivity contribution in [3.05, 3.63) is 47.2 Å². The Morgan fingerprint density at radius 1 is 1.37 bits per heavy atom. The highest BCUT2D eigenvalue weighted by Gasteiger charge is 2.07. The lowest BCUT2D eigenvalue weighted by atomic mass is 10.0. The molecule has 100 valence electrons. The van der Waals surface area contributed by atoms with E-state index in [4.69, 9.17) is 5.11 Å². The van der Waals surface area contributed by atoms with Crippen molar-refractivity contribution in [3.8, 4) is 0 Å². The second-order valence-corrected chi connectivity index (χ2v) is 4.49. The zero-order chi connectivity index (χ0) is 13.8. The minimum absolute atomic E-state index is 0.0408. The lowest BCUT2D eigenvalue weighted by Crippen LogP contribution is -2.07. The van der Waals surface area contributed by atoms with Crippen LogP contribution in [-0.4, -0.2) is 20.9 Å². The van der Waals surface area contributed by atoms with Crippen molar-refractivity contribution in [2.45, 2.75) is 19.9 Å². The van der Waals surface area contributed by atoms with E-state index in [-0.39, 0.29) is 6.42 Å². The topological polar surface area (TPSA) is 67.2 Å². The first-order chi connectivity index (χ1) is 9.06. The van der Waals surface area contributed by atoms with Crippen LogP contribution in [0.1, 0.15) is 16.8 Å². The highest BCUT2D eigenvalue weighted by atomic mass is 16.4. The monoisotopic (exact) mass is 259 g/mol. The molecule has 0 atom stereocenters. The summed E-state index contributed by atoms with van der Waals surface area (Å²) in [6.45, 7) is 2.55. The fourth-order valence-corrected chi connectivity index (χ4v) is 1.90. The fourth-order valence-electron chi connectivity index (χ4n) is 1.90. The molecule has 0 spiro atoms. The molecule has 1 aromatic carbocycles. The summed E-state index contributed by atoms with van der Waals surface area (Å²) >= 11 is 0. The average molecular weight is 259 g/mol. The number of nitrogens with one attached hydrogen (secondary N) is 1. The Kier molecular flexibility index (Phi) is 3.85. The number of rotatable bonds is 5. The highest BCUT2D eigenvalue weighted by molar-refractivity contribution is 5.70. The Hall–Kier alpha value is -2.30. The van der Waals surface area contributed by atoms with Crippen LogP contribution in [0.25, 0.3) is 0 Å². The Morgan fingerprint density at radius 3 is 2.63 bits per heavy atom. The summed E-state index contributed by atoms with van der Waals surface area (Å²) in [5.74, 6) is -0.0220. The number of carboxylic acid groups (broad SMARTS) is 1. The predicted octanol–water partition coefficient (Wildman–Crippen LogP) is 1.97. The SMILES string of the molecule is Cc1cc(NCc2ccccc2CC(=O)O)nn1C. The van der Waals surface area contributed by atoms with Gasteiger partial charge in [0.05, 0.1) is 6.42 Å². The lowest BCUT2D eigenvalue weighted by molar-refractivity contribution is -0.136. The fraction of sp³-hybridized carbons (Fsp3) is 0.286. The average Bonchev–Trinajstić information content (AvgIpc) is 2.67. The molecular formula is C14H17N3O2. The van der Waals surface area contributed by atoms with E-state index in [1.807, 2.05) is 44.3 Å². The van der Waals surface area contributed by atoms with Gasteiger partial charge in [-0.25, -0.2) is 0 Å². The molecule has 0 aliphatic carbocycles. The van der Waals surface area contributed by atoms with Crippen LogP contribution in [-0.2, 0) is 24.8 Å². The molecule has 0 saturated carbocycles. The van der Waals surface area contributed by atoms with Crippen molar-refractivity contribution in [3.63, 3.8) is 0 Å². The van der Waals surface area contributed by atoms with Gasteiger partial charge in [-0.05, 0) is 18.1 Å². The standard InChI is InChI=1S/C14H17N3O2/c1-10-7-13(16-17(10)2)15-9-12-6-4-3-5-11(12)8-14(18)19/h3-7H,8-9H2,1-2H3,(H,15,16)(H,18,19). The molecule has 0 amide bonds. The van der Waals surface area contributed by atoms with Crippen molar-refractivity contribution in [1.82, 2.24) is 9.78 Å². The smallest absolute Gasteiger partial charge is 0.307 e. The predicted molar refractivity (Wildman–Crippen MR) is 73.1 cm³/mol. The summed E-state index contributed by atoms with van der Waals surface area (Å²) in [5, 5.41) is 16.4. The van der Waals surface area contributed by atoms with Crippen molar-refractivity contribution in [2.75, 3.05) is 5.32 Å². The van der Waals surface area contributed by atoms with E-state index >= 15 is 0 Å². The van der Waals surface area contributed by atoms with Crippen LogP contribution >= 0.6 is 0 Å². The first-order valence-electron chi connectivity index (χ1n) is 6.09. The zero-order valence-corrected chi connectivity index (χ0v) is 11.1. The van der Waals surface area contributed by atoms with Gasteiger partial charge >= 0.3 is 5.97 Å². The summed E-state index contributed by atoms with van der Waals surface area (Å²) in [4.78, 5) is 10.8. The van der Waals surface area contributed by atoms with Crippen LogP contribution in [0.2, 0.25) is 0 Å². The van der Waals surface area contributed by atoms with E-state index in [9.17, 15) is 4.79 Å². The van der Waals surface area contributed by atoms with Crippen LogP contribution in [0.5, 0.6) is 0 Å². The van der Waals surface area contributed by atoms with Gasteiger partial charge in [0, 0.05) is 25.4 Å². The van der Waals surface area contributed by atoms with E-state index in [2.05, 4.69) is 10.4 Å². The maximum Gasteiger partial charge on any atom is 0.307 e. The van der Waals surface area contributed by atoms with Crippen LogP contribution in [0.4, 0.5) is 5.82 Å². The van der Waals surface area contributed by atoms with Crippen molar-refractivity contribution in [1.29, 1.82) is 0 Å². The molecule has 5 heteroatoms. The molecule has 1 aromatic heterocycles. The first kappa shape index (κ1) is 13.1. The van der Waals surface area contributed by atoms with E-state index < -0.39 is 5.97 Å². The molecule has 2 N–H and O–H groups in total. The van der Waals surface area contributed by atoms with Gasteiger partial charge in [-0.3, -0.25) is 9.48 Å². The Morgan fingerprint density at radius 2 is 2.05 bits per heavy atom. The van der Waals surface area contributed by atoms with Gasteiger partial charge in [-0.1, -0.05) is 24.3 Å². The minimum atomic E-state index is -0.818. The third kappa shape index (κ3) is 3.34. The van der Waals surface area contributed by atoms with Gasteiger partial charge in [0.25, 0.3) is 0 Å². The number of aromatic nitrogens is 2. The molecule has 0 aliphatic rings. The normalized spacial score (nSPS) is 10.4. The molecule has 0 bridgehead atoms. The van der Waals surface area contributed by atoms with Gasteiger partial charge < -0.3 is 10.4 Å². The van der Waals surface area contributed by atoms with Crippen LogP contribution in [0.15, 0.2) is 30.3 Å². The van der Waals surface area contributed by atoms with Crippen LogP contribution in [0, 0.1) is 6.92 Å².